The summed E-state index contributed by atoms with van der Waals surface area (Å²) in [6, 6.07) is 1.40. The van der Waals surface area contributed by atoms with Gasteiger partial charge in [-0.3, -0.25) is 19.0 Å². The van der Waals surface area contributed by atoms with Crippen LogP contribution in [0, 0.1) is 13.8 Å². The topological polar surface area (TPSA) is 101 Å². The molecular weight excluding hydrogens is 342 g/mol. The van der Waals surface area contributed by atoms with Gasteiger partial charge in [-0.1, -0.05) is 11.8 Å². The van der Waals surface area contributed by atoms with E-state index in [9.17, 15) is 14.4 Å². The summed E-state index contributed by atoms with van der Waals surface area (Å²) < 4.78 is 1.49. The average Bonchev–Trinajstić information content (AvgIpc) is 2.95. The quantitative estimate of drug-likeness (QED) is 0.631. The van der Waals surface area contributed by atoms with Gasteiger partial charge in [0, 0.05) is 18.8 Å². The maximum Gasteiger partial charge on any atom is 0.258 e. The van der Waals surface area contributed by atoms with Crippen LogP contribution in [-0.4, -0.2) is 35.6 Å². The van der Waals surface area contributed by atoms with Crippen LogP contribution in [0.1, 0.15) is 29.7 Å². The second-order valence-corrected chi connectivity index (χ2v) is 7.42. The van der Waals surface area contributed by atoms with Gasteiger partial charge in [0.25, 0.3) is 11.1 Å². The van der Waals surface area contributed by atoms with Crippen LogP contribution < -0.4 is 11.1 Å². The summed E-state index contributed by atoms with van der Waals surface area (Å²) in [6.07, 6.45) is 0. The van der Waals surface area contributed by atoms with Crippen LogP contribution in [0.3, 0.4) is 0 Å². The maximum absolute atomic E-state index is 12.7. The van der Waals surface area contributed by atoms with Crippen LogP contribution in [0.5, 0.6) is 0 Å². The first-order valence-electron chi connectivity index (χ1n) is 7.85. The van der Waals surface area contributed by atoms with Crippen molar-refractivity contribution in [3.8, 4) is 0 Å². The number of aryl methyl sites for hydroxylation is 2. The highest BCUT2D eigenvalue weighted by atomic mass is 32.2. The lowest BCUT2D eigenvalue weighted by molar-refractivity contribution is -0.130. The van der Waals surface area contributed by atoms with Gasteiger partial charge < -0.3 is 9.88 Å². The standard InChI is InChI=1S/C16H19N5O3S/c1-8-5-13(22)19-16(17-8)25-9(2)14(23)21-6-11-12(7-21)18-10(3)20(4)15(11)24/h5,9H,6-7H2,1-4H3,(H,17,19,22). The van der Waals surface area contributed by atoms with Gasteiger partial charge in [0.05, 0.1) is 29.6 Å². The second-order valence-electron chi connectivity index (χ2n) is 6.09. The third-order valence-corrected chi connectivity index (χ3v) is 5.15. The lowest BCUT2D eigenvalue weighted by Gasteiger charge is -2.19. The molecule has 0 aromatic carbocycles. The molecule has 1 unspecified atom stereocenters. The Morgan fingerprint density at radius 1 is 1.28 bits per heavy atom. The summed E-state index contributed by atoms with van der Waals surface area (Å²) in [6.45, 7) is 5.84. The first-order chi connectivity index (χ1) is 11.8. The van der Waals surface area contributed by atoms with Crippen molar-refractivity contribution in [2.45, 2.75) is 44.3 Å². The summed E-state index contributed by atoms with van der Waals surface area (Å²) >= 11 is 1.19. The Morgan fingerprint density at radius 3 is 2.68 bits per heavy atom. The van der Waals surface area contributed by atoms with Crippen molar-refractivity contribution < 1.29 is 4.79 Å². The van der Waals surface area contributed by atoms with E-state index >= 15 is 0 Å². The summed E-state index contributed by atoms with van der Waals surface area (Å²) in [7, 11) is 1.67. The highest BCUT2D eigenvalue weighted by molar-refractivity contribution is 8.00. The molecule has 0 saturated carbocycles. The van der Waals surface area contributed by atoms with Gasteiger partial charge >= 0.3 is 0 Å². The summed E-state index contributed by atoms with van der Waals surface area (Å²) in [4.78, 5) is 49.4. The molecule has 0 radical (unpaired) electrons. The third kappa shape index (κ3) is 3.37. The number of aromatic nitrogens is 4. The van der Waals surface area contributed by atoms with E-state index in [0.29, 0.717) is 34.5 Å². The minimum atomic E-state index is -0.441. The number of carbonyl (C=O) groups is 1. The fraction of sp³-hybridized carbons (Fsp3) is 0.438. The van der Waals surface area contributed by atoms with Crippen LogP contribution >= 0.6 is 11.8 Å². The molecule has 9 heteroatoms. The zero-order valence-electron chi connectivity index (χ0n) is 14.5. The average molecular weight is 361 g/mol. The summed E-state index contributed by atoms with van der Waals surface area (Å²) in [5, 5.41) is -0.0309. The number of aromatic amines is 1. The SMILES string of the molecule is Cc1cc(=O)[nH]c(SC(C)C(=O)N2Cc3nc(C)n(C)c(=O)c3C2)n1. The maximum atomic E-state index is 12.7. The number of nitrogens with one attached hydrogen (secondary N) is 1. The van der Waals surface area contributed by atoms with Crippen LogP contribution in [0.4, 0.5) is 0 Å². The van der Waals surface area contributed by atoms with Crippen molar-refractivity contribution >= 4 is 17.7 Å². The second kappa shape index (κ2) is 6.47. The van der Waals surface area contributed by atoms with Gasteiger partial charge in [-0.05, 0) is 20.8 Å². The highest BCUT2D eigenvalue weighted by Crippen LogP contribution is 2.25. The summed E-state index contributed by atoms with van der Waals surface area (Å²) in [5.41, 5.74) is 1.48. The molecule has 1 aliphatic rings. The van der Waals surface area contributed by atoms with Crippen molar-refractivity contribution in [3.05, 3.63) is 49.5 Å². The fourth-order valence-corrected chi connectivity index (χ4v) is 3.71. The molecule has 1 atom stereocenters. The molecule has 2 aromatic heterocycles. The van der Waals surface area contributed by atoms with Gasteiger partial charge in [-0.2, -0.15) is 0 Å². The molecule has 8 nitrogen and oxygen atoms in total. The number of amides is 1. The molecule has 1 amide bonds. The Kier molecular flexibility index (Phi) is 4.51. The first kappa shape index (κ1) is 17.4. The van der Waals surface area contributed by atoms with Crippen molar-refractivity contribution in [1.29, 1.82) is 0 Å². The monoisotopic (exact) mass is 361 g/mol. The molecule has 1 aliphatic heterocycles. The number of rotatable bonds is 3. The number of nitrogens with zero attached hydrogens (tertiary/aromatic N) is 4. The lowest BCUT2D eigenvalue weighted by atomic mass is 10.2. The Balaban J connectivity index is 1.77. The van der Waals surface area contributed by atoms with E-state index in [1.54, 1.807) is 32.7 Å². The Morgan fingerprint density at radius 2 is 2.00 bits per heavy atom. The van der Waals surface area contributed by atoms with Crippen LogP contribution in [0.2, 0.25) is 0 Å². The lowest BCUT2D eigenvalue weighted by Crippen LogP contribution is -2.33. The highest BCUT2D eigenvalue weighted by Gasteiger charge is 2.31. The molecule has 25 heavy (non-hydrogen) atoms. The van der Waals surface area contributed by atoms with E-state index in [1.807, 2.05) is 0 Å². The molecule has 0 aliphatic carbocycles. The smallest absolute Gasteiger partial charge is 0.258 e. The molecule has 3 rings (SSSR count). The predicted octanol–water partition coefficient (Wildman–Crippen LogP) is 0.503. The number of hydrogen-bond donors (Lipinski definition) is 1. The van der Waals surface area contributed by atoms with E-state index in [2.05, 4.69) is 15.0 Å². The van der Waals surface area contributed by atoms with Gasteiger partial charge in [-0.25, -0.2) is 9.97 Å². The number of hydrogen-bond acceptors (Lipinski definition) is 6. The van der Waals surface area contributed by atoms with Gasteiger partial charge in [0.2, 0.25) is 5.91 Å². The van der Waals surface area contributed by atoms with Gasteiger partial charge in [-0.15, -0.1) is 0 Å². The predicted molar refractivity (Wildman–Crippen MR) is 93.4 cm³/mol. The molecular formula is C16H19N5O3S. The van der Waals surface area contributed by atoms with Crippen molar-refractivity contribution in [3.63, 3.8) is 0 Å². The van der Waals surface area contributed by atoms with E-state index in [0.717, 1.165) is 0 Å². The Hall–Kier alpha value is -2.42. The largest absolute Gasteiger partial charge is 0.331 e. The fourth-order valence-electron chi connectivity index (χ4n) is 2.77. The van der Waals surface area contributed by atoms with E-state index in [4.69, 9.17) is 0 Å². The number of fused-ring (bicyclic) bond motifs is 1. The first-order valence-corrected chi connectivity index (χ1v) is 8.73. The van der Waals surface area contributed by atoms with Crippen molar-refractivity contribution in [1.82, 2.24) is 24.4 Å². The molecule has 2 aromatic rings. The molecule has 0 bridgehead atoms. The molecule has 1 N–H and O–H groups in total. The van der Waals surface area contributed by atoms with Crippen LogP contribution in [-0.2, 0) is 24.9 Å². The number of thioether (sulfide) groups is 1. The minimum Gasteiger partial charge on any atom is -0.331 e. The van der Waals surface area contributed by atoms with E-state index in [1.165, 1.54) is 22.4 Å². The van der Waals surface area contributed by atoms with Crippen LogP contribution in [0.15, 0.2) is 20.8 Å². The third-order valence-electron chi connectivity index (χ3n) is 4.18. The van der Waals surface area contributed by atoms with E-state index in [-0.39, 0.29) is 23.6 Å². The number of H-pyrrole nitrogens is 1. The molecule has 0 fully saturated rings. The Labute approximate surface area is 148 Å². The molecule has 0 spiro atoms. The van der Waals surface area contributed by atoms with Crippen LogP contribution in [0.25, 0.3) is 0 Å². The van der Waals surface area contributed by atoms with Crippen molar-refractivity contribution in [2.75, 3.05) is 0 Å². The molecule has 3 heterocycles. The molecule has 132 valence electrons. The Bertz CT molecular complexity index is 965. The van der Waals surface area contributed by atoms with Gasteiger partial charge in [0.1, 0.15) is 5.82 Å². The number of carbonyl (C=O) groups excluding carboxylic acids is 1. The minimum absolute atomic E-state index is 0.109. The van der Waals surface area contributed by atoms with Crippen molar-refractivity contribution in [2.24, 2.45) is 7.05 Å². The summed E-state index contributed by atoms with van der Waals surface area (Å²) in [5.74, 6) is 0.508. The normalized spacial score (nSPS) is 14.5. The molecule has 0 saturated heterocycles. The zero-order valence-corrected chi connectivity index (χ0v) is 15.3. The zero-order chi connectivity index (χ0) is 18.3. The van der Waals surface area contributed by atoms with Gasteiger partial charge in [0.15, 0.2) is 5.16 Å². The van der Waals surface area contributed by atoms with E-state index < -0.39 is 5.25 Å².